The van der Waals surface area contributed by atoms with E-state index in [1.54, 1.807) is 18.2 Å². The van der Waals surface area contributed by atoms with E-state index in [9.17, 15) is 9.50 Å². The SMILES string of the molecule is Cl.NC(c1ccc(F)cc1)c1c(O)ccc2ccccc12. The normalized spacial score (nSPS) is 11.9. The summed E-state index contributed by atoms with van der Waals surface area (Å²) in [5, 5.41) is 12.1. The number of nitrogens with two attached hydrogens (primary N) is 1. The molecule has 3 rings (SSSR count). The zero-order valence-corrected chi connectivity index (χ0v) is 12.0. The van der Waals surface area contributed by atoms with Crippen molar-refractivity contribution in [1.29, 1.82) is 0 Å². The molecule has 108 valence electrons. The smallest absolute Gasteiger partial charge is 0.123 e. The van der Waals surface area contributed by atoms with Gasteiger partial charge in [0.05, 0.1) is 6.04 Å². The minimum atomic E-state index is -0.498. The standard InChI is InChI=1S/C17H14FNO.ClH/c18-13-8-5-12(6-9-13)17(19)16-14-4-2-1-3-11(14)7-10-15(16)20;/h1-10,17,20H,19H2;1H. The molecule has 0 aromatic heterocycles. The third-order valence-corrected chi connectivity index (χ3v) is 3.49. The second kappa shape index (κ2) is 6.12. The molecule has 4 heteroatoms. The van der Waals surface area contributed by atoms with Gasteiger partial charge in [0.1, 0.15) is 11.6 Å². The Morgan fingerprint density at radius 2 is 1.57 bits per heavy atom. The van der Waals surface area contributed by atoms with Crippen molar-refractivity contribution in [2.24, 2.45) is 5.73 Å². The van der Waals surface area contributed by atoms with E-state index >= 15 is 0 Å². The first-order chi connectivity index (χ1) is 9.66. The number of halogens is 2. The molecule has 0 saturated heterocycles. The highest BCUT2D eigenvalue weighted by molar-refractivity contribution is 5.88. The minimum absolute atomic E-state index is 0. The van der Waals surface area contributed by atoms with Crippen LogP contribution in [0.25, 0.3) is 10.8 Å². The summed E-state index contributed by atoms with van der Waals surface area (Å²) in [4.78, 5) is 0. The molecule has 0 aliphatic heterocycles. The molecular weight excluding hydrogens is 289 g/mol. The van der Waals surface area contributed by atoms with Gasteiger partial charge in [-0.2, -0.15) is 0 Å². The zero-order valence-electron chi connectivity index (χ0n) is 11.2. The molecule has 1 atom stereocenters. The van der Waals surface area contributed by atoms with Crippen molar-refractivity contribution in [3.8, 4) is 5.75 Å². The summed E-state index contributed by atoms with van der Waals surface area (Å²) >= 11 is 0. The van der Waals surface area contributed by atoms with Crippen LogP contribution in [0.3, 0.4) is 0 Å². The molecule has 0 bridgehead atoms. The van der Waals surface area contributed by atoms with Crippen molar-refractivity contribution in [3.63, 3.8) is 0 Å². The van der Waals surface area contributed by atoms with E-state index in [-0.39, 0.29) is 24.0 Å². The Bertz CT molecular complexity index is 758. The van der Waals surface area contributed by atoms with Gasteiger partial charge in [0.2, 0.25) is 0 Å². The van der Waals surface area contributed by atoms with Gasteiger partial charge in [-0.15, -0.1) is 12.4 Å². The average Bonchev–Trinajstić information content (AvgIpc) is 2.47. The molecule has 0 heterocycles. The Morgan fingerprint density at radius 1 is 0.905 bits per heavy atom. The van der Waals surface area contributed by atoms with Gasteiger partial charge in [-0.05, 0) is 34.5 Å². The van der Waals surface area contributed by atoms with Gasteiger partial charge in [-0.1, -0.05) is 42.5 Å². The minimum Gasteiger partial charge on any atom is -0.508 e. The summed E-state index contributed by atoms with van der Waals surface area (Å²) in [6, 6.07) is 16.8. The topological polar surface area (TPSA) is 46.2 Å². The third-order valence-electron chi connectivity index (χ3n) is 3.49. The van der Waals surface area contributed by atoms with Crippen molar-refractivity contribution in [1.82, 2.24) is 0 Å². The van der Waals surface area contributed by atoms with Crippen LogP contribution in [0.4, 0.5) is 4.39 Å². The summed E-state index contributed by atoms with van der Waals surface area (Å²) in [5.41, 5.74) is 7.67. The highest BCUT2D eigenvalue weighted by Crippen LogP contribution is 2.34. The van der Waals surface area contributed by atoms with E-state index in [1.807, 2.05) is 30.3 Å². The number of fused-ring (bicyclic) bond motifs is 1. The van der Waals surface area contributed by atoms with Gasteiger partial charge in [-0.3, -0.25) is 0 Å². The Labute approximate surface area is 128 Å². The average molecular weight is 304 g/mol. The number of aromatic hydroxyl groups is 1. The fourth-order valence-electron chi connectivity index (χ4n) is 2.45. The molecule has 21 heavy (non-hydrogen) atoms. The Morgan fingerprint density at radius 3 is 2.29 bits per heavy atom. The van der Waals surface area contributed by atoms with Gasteiger partial charge in [0.25, 0.3) is 0 Å². The van der Waals surface area contributed by atoms with Crippen molar-refractivity contribution in [2.45, 2.75) is 6.04 Å². The summed E-state index contributed by atoms with van der Waals surface area (Å²) in [7, 11) is 0. The van der Waals surface area contributed by atoms with Crippen molar-refractivity contribution < 1.29 is 9.50 Å². The first kappa shape index (κ1) is 15.3. The lowest BCUT2D eigenvalue weighted by molar-refractivity contribution is 0.466. The highest BCUT2D eigenvalue weighted by Gasteiger charge is 2.16. The first-order valence-corrected chi connectivity index (χ1v) is 6.38. The molecule has 0 saturated carbocycles. The van der Waals surface area contributed by atoms with Crippen LogP contribution in [0.1, 0.15) is 17.2 Å². The number of benzene rings is 3. The second-order valence-electron chi connectivity index (χ2n) is 4.75. The lowest BCUT2D eigenvalue weighted by atomic mass is 9.93. The highest BCUT2D eigenvalue weighted by atomic mass is 35.5. The molecule has 0 aliphatic carbocycles. The van der Waals surface area contributed by atoms with E-state index < -0.39 is 6.04 Å². The summed E-state index contributed by atoms with van der Waals surface area (Å²) in [5.74, 6) is -0.149. The Hall–Kier alpha value is -2.10. The molecule has 0 radical (unpaired) electrons. The molecular formula is C17H15ClFNO. The maximum Gasteiger partial charge on any atom is 0.123 e. The van der Waals surface area contributed by atoms with Crippen LogP contribution in [0.5, 0.6) is 5.75 Å². The summed E-state index contributed by atoms with van der Waals surface area (Å²) < 4.78 is 13.0. The first-order valence-electron chi connectivity index (χ1n) is 6.38. The van der Waals surface area contributed by atoms with Crippen LogP contribution in [-0.4, -0.2) is 5.11 Å². The predicted octanol–water partition coefficient (Wildman–Crippen LogP) is 4.15. The maximum atomic E-state index is 13.0. The van der Waals surface area contributed by atoms with Crippen molar-refractivity contribution in [3.05, 3.63) is 77.6 Å². The van der Waals surface area contributed by atoms with E-state index in [0.29, 0.717) is 5.56 Å². The number of hydrogen-bond acceptors (Lipinski definition) is 2. The van der Waals surface area contributed by atoms with E-state index in [2.05, 4.69) is 0 Å². The summed E-state index contributed by atoms with van der Waals surface area (Å²) in [6.07, 6.45) is 0. The quantitative estimate of drug-likeness (QED) is 0.747. The maximum absolute atomic E-state index is 13.0. The van der Waals surface area contributed by atoms with Crippen LogP contribution in [0, 0.1) is 5.82 Å². The van der Waals surface area contributed by atoms with Crippen LogP contribution in [0.2, 0.25) is 0 Å². The van der Waals surface area contributed by atoms with Gasteiger partial charge in [0.15, 0.2) is 0 Å². The van der Waals surface area contributed by atoms with Crippen LogP contribution < -0.4 is 5.73 Å². The molecule has 3 N–H and O–H groups in total. The number of phenols is 1. The Kier molecular flexibility index (Phi) is 4.46. The molecule has 1 unspecified atom stereocenters. The second-order valence-corrected chi connectivity index (χ2v) is 4.75. The molecule has 0 amide bonds. The molecule has 0 aliphatic rings. The van der Waals surface area contributed by atoms with Gasteiger partial charge in [-0.25, -0.2) is 4.39 Å². The number of phenolic OH excluding ortho intramolecular Hbond substituents is 1. The predicted molar refractivity (Wildman–Crippen MR) is 85.3 cm³/mol. The monoisotopic (exact) mass is 303 g/mol. The molecule has 3 aromatic carbocycles. The van der Waals surface area contributed by atoms with Crippen LogP contribution >= 0.6 is 12.4 Å². The lowest BCUT2D eigenvalue weighted by Crippen LogP contribution is -2.12. The fourth-order valence-corrected chi connectivity index (χ4v) is 2.45. The van der Waals surface area contributed by atoms with Gasteiger partial charge >= 0.3 is 0 Å². The van der Waals surface area contributed by atoms with Crippen molar-refractivity contribution >= 4 is 23.2 Å². The molecule has 3 aromatic rings. The summed E-state index contributed by atoms with van der Waals surface area (Å²) in [6.45, 7) is 0. The molecule has 2 nitrogen and oxygen atoms in total. The van der Waals surface area contributed by atoms with Crippen LogP contribution in [-0.2, 0) is 0 Å². The largest absolute Gasteiger partial charge is 0.508 e. The fraction of sp³-hybridized carbons (Fsp3) is 0.0588. The molecule has 0 fully saturated rings. The van der Waals surface area contributed by atoms with Crippen LogP contribution in [0.15, 0.2) is 60.7 Å². The Balaban J connectivity index is 0.00000161. The third kappa shape index (κ3) is 2.84. The number of hydrogen-bond donors (Lipinski definition) is 2. The van der Waals surface area contributed by atoms with Gasteiger partial charge in [0, 0.05) is 5.56 Å². The lowest BCUT2D eigenvalue weighted by Gasteiger charge is -2.17. The van der Waals surface area contributed by atoms with Gasteiger partial charge < -0.3 is 10.8 Å². The number of rotatable bonds is 2. The van der Waals surface area contributed by atoms with Crippen molar-refractivity contribution in [2.75, 3.05) is 0 Å². The van der Waals surface area contributed by atoms with E-state index in [1.165, 1.54) is 12.1 Å². The van der Waals surface area contributed by atoms with E-state index in [0.717, 1.165) is 16.3 Å². The van der Waals surface area contributed by atoms with E-state index in [4.69, 9.17) is 5.73 Å². The zero-order chi connectivity index (χ0) is 14.1. The molecule has 0 spiro atoms.